The number of rotatable bonds is 4. The Labute approximate surface area is 92.2 Å². The molecule has 1 atom stereocenters. The lowest BCUT2D eigenvalue weighted by molar-refractivity contribution is 0.705. The third kappa shape index (κ3) is 3.71. The fraction of sp³-hybridized carbons (Fsp3) is 0.400. The minimum absolute atomic E-state index is 0.181. The van der Waals surface area contributed by atoms with Gasteiger partial charge in [-0.3, -0.25) is 0 Å². The Kier molecular flexibility index (Phi) is 4.84. The van der Waals surface area contributed by atoms with E-state index in [1.807, 2.05) is 23.9 Å². The smallest absolute Gasteiger partial charge is 0.0302 e. The Morgan fingerprint density at radius 2 is 2.00 bits per heavy atom. The SMILES string of the molecule is CSCCC(N)c1ccc(Br)cc1. The van der Waals surface area contributed by atoms with Gasteiger partial charge in [0.05, 0.1) is 0 Å². The van der Waals surface area contributed by atoms with E-state index < -0.39 is 0 Å². The Hall–Kier alpha value is 0.01000. The van der Waals surface area contributed by atoms with Gasteiger partial charge in [-0.25, -0.2) is 0 Å². The van der Waals surface area contributed by atoms with Crippen LogP contribution in [0.15, 0.2) is 28.7 Å². The topological polar surface area (TPSA) is 26.0 Å². The number of hydrogen-bond acceptors (Lipinski definition) is 2. The molecule has 2 N–H and O–H groups in total. The molecular weight excluding hydrogens is 246 g/mol. The maximum Gasteiger partial charge on any atom is 0.0302 e. The van der Waals surface area contributed by atoms with E-state index in [9.17, 15) is 0 Å². The Morgan fingerprint density at radius 1 is 1.38 bits per heavy atom. The number of benzene rings is 1. The van der Waals surface area contributed by atoms with Crippen molar-refractivity contribution in [1.29, 1.82) is 0 Å². The van der Waals surface area contributed by atoms with Crippen LogP contribution >= 0.6 is 27.7 Å². The monoisotopic (exact) mass is 259 g/mol. The van der Waals surface area contributed by atoms with Gasteiger partial charge in [-0.15, -0.1) is 0 Å². The first-order valence-corrected chi connectivity index (χ1v) is 6.42. The summed E-state index contributed by atoms with van der Waals surface area (Å²) in [6.45, 7) is 0. The predicted molar refractivity (Wildman–Crippen MR) is 64.1 cm³/mol. The number of thioether (sulfide) groups is 1. The highest BCUT2D eigenvalue weighted by Gasteiger charge is 2.04. The number of halogens is 1. The molecule has 1 aromatic rings. The van der Waals surface area contributed by atoms with E-state index in [0.717, 1.165) is 16.6 Å². The minimum atomic E-state index is 0.181. The van der Waals surface area contributed by atoms with Crippen molar-refractivity contribution in [1.82, 2.24) is 0 Å². The summed E-state index contributed by atoms with van der Waals surface area (Å²) < 4.78 is 1.10. The first kappa shape index (κ1) is 11.1. The van der Waals surface area contributed by atoms with Crippen molar-refractivity contribution in [2.75, 3.05) is 12.0 Å². The maximum absolute atomic E-state index is 6.00. The zero-order valence-electron chi connectivity index (χ0n) is 7.66. The highest BCUT2D eigenvalue weighted by Crippen LogP contribution is 2.18. The fourth-order valence-corrected chi connectivity index (χ4v) is 1.88. The van der Waals surface area contributed by atoms with Gasteiger partial charge in [-0.2, -0.15) is 11.8 Å². The lowest BCUT2D eigenvalue weighted by Gasteiger charge is -2.10. The molecule has 72 valence electrons. The Morgan fingerprint density at radius 3 is 2.54 bits per heavy atom. The van der Waals surface area contributed by atoms with Crippen LogP contribution in [0, 0.1) is 0 Å². The van der Waals surface area contributed by atoms with E-state index >= 15 is 0 Å². The molecule has 13 heavy (non-hydrogen) atoms. The van der Waals surface area contributed by atoms with Crippen LogP contribution in [-0.4, -0.2) is 12.0 Å². The third-order valence-electron chi connectivity index (χ3n) is 1.93. The van der Waals surface area contributed by atoms with Crippen molar-refractivity contribution >= 4 is 27.7 Å². The van der Waals surface area contributed by atoms with Crippen molar-refractivity contribution in [3.63, 3.8) is 0 Å². The minimum Gasteiger partial charge on any atom is -0.324 e. The molecule has 0 aliphatic carbocycles. The molecule has 0 heterocycles. The van der Waals surface area contributed by atoms with E-state index in [1.54, 1.807) is 0 Å². The fourth-order valence-electron chi connectivity index (χ4n) is 1.12. The molecule has 1 rings (SSSR count). The highest BCUT2D eigenvalue weighted by molar-refractivity contribution is 9.10. The lowest BCUT2D eigenvalue weighted by atomic mass is 10.1. The van der Waals surface area contributed by atoms with Crippen LogP contribution < -0.4 is 5.73 Å². The van der Waals surface area contributed by atoms with Crippen LogP contribution in [0.5, 0.6) is 0 Å². The molecule has 0 aliphatic rings. The molecule has 0 aromatic heterocycles. The normalized spacial score (nSPS) is 12.8. The van der Waals surface area contributed by atoms with Gasteiger partial charge in [-0.1, -0.05) is 28.1 Å². The van der Waals surface area contributed by atoms with Gasteiger partial charge in [0, 0.05) is 10.5 Å². The van der Waals surface area contributed by atoms with E-state index in [-0.39, 0.29) is 6.04 Å². The molecule has 0 spiro atoms. The second-order valence-corrected chi connectivity index (χ2v) is 4.84. The molecule has 0 amide bonds. The summed E-state index contributed by atoms with van der Waals surface area (Å²) >= 11 is 5.24. The summed E-state index contributed by atoms with van der Waals surface area (Å²) in [6, 6.07) is 8.41. The molecule has 1 unspecified atom stereocenters. The van der Waals surface area contributed by atoms with Crippen LogP contribution in [0.1, 0.15) is 18.0 Å². The summed E-state index contributed by atoms with van der Waals surface area (Å²) in [5.41, 5.74) is 7.22. The van der Waals surface area contributed by atoms with E-state index in [2.05, 4.69) is 34.3 Å². The van der Waals surface area contributed by atoms with Crippen molar-refractivity contribution in [3.05, 3.63) is 34.3 Å². The van der Waals surface area contributed by atoms with Gasteiger partial charge in [0.15, 0.2) is 0 Å². The standard InChI is InChI=1S/C10H14BrNS/c1-13-7-6-10(12)8-2-4-9(11)5-3-8/h2-5,10H,6-7,12H2,1H3. The first-order valence-electron chi connectivity index (χ1n) is 4.24. The second-order valence-electron chi connectivity index (χ2n) is 2.94. The highest BCUT2D eigenvalue weighted by atomic mass is 79.9. The van der Waals surface area contributed by atoms with Gasteiger partial charge in [0.1, 0.15) is 0 Å². The van der Waals surface area contributed by atoms with E-state index in [4.69, 9.17) is 5.73 Å². The van der Waals surface area contributed by atoms with Gasteiger partial charge in [0.2, 0.25) is 0 Å². The van der Waals surface area contributed by atoms with Gasteiger partial charge in [-0.05, 0) is 36.1 Å². The van der Waals surface area contributed by atoms with E-state index in [1.165, 1.54) is 5.56 Å². The summed E-state index contributed by atoms with van der Waals surface area (Å²) in [5.74, 6) is 1.12. The van der Waals surface area contributed by atoms with Crippen LogP contribution in [-0.2, 0) is 0 Å². The molecule has 0 radical (unpaired) electrons. The molecule has 0 saturated carbocycles. The molecule has 0 bridgehead atoms. The van der Waals surface area contributed by atoms with Crippen molar-refractivity contribution in [2.45, 2.75) is 12.5 Å². The van der Waals surface area contributed by atoms with Crippen LogP contribution in [0.3, 0.4) is 0 Å². The van der Waals surface area contributed by atoms with Crippen LogP contribution in [0.25, 0.3) is 0 Å². The molecule has 3 heteroatoms. The van der Waals surface area contributed by atoms with Crippen LogP contribution in [0.4, 0.5) is 0 Å². The molecule has 0 fully saturated rings. The molecule has 1 nitrogen and oxygen atoms in total. The quantitative estimate of drug-likeness (QED) is 0.899. The average Bonchev–Trinajstić information content (AvgIpc) is 2.15. The van der Waals surface area contributed by atoms with Crippen molar-refractivity contribution in [3.8, 4) is 0 Å². The summed E-state index contributed by atoms with van der Waals surface area (Å²) in [7, 11) is 0. The average molecular weight is 260 g/mol. The summed E-state index contributed by atoms with van der Waals surface area (Å²) in [5, 5.41) is 0. The number of hydrogen-bond donors (Lipinski definition) is 1. The third-order valence-corrected chi connectivity index (χ3v) is 3.10. The van der Waals surface area contributed by atoms with Crippen molar-refractivity contribution < 1.29 is 0 Å². The first-order chi connectivity index (χ1) is 6.24. The van der Waals surface area contributed by atoms with Crippen molar-refractivity contribution in [2.24, 2.45) is 5.73 Å². The molecular formula is C10H14BrNS. The predicted octanol–water partition coefficient (Wildman–Crippen LogP) is 3.20. The summed E-state index contributed by atoms with van der Waals surface area (Å²) in [6.07, 6.45) is 3.15. The Balaban J connectivity index is 2.55. The Bertz CT molecular complexity index is 248. The van der Waals surface area contributed by atoms with Crippen LogP contribution in [0.2, 0.25) is 0 Å². The second kappa shape index (κ2) is 5.68. The van der Waals surface area contributed by atoms with Gasteiger partial charge < -0.3 is 5.73 Å². The molecule has 0 saturated heterocycles. The molecule has 1 aromatic carbocycles. The lowest BCUT2D eigenvalue weighted by Crippen LogP contribution is -2.10. The number of nitrogens with two attached hydrogens (primary N) is 1. The maximum atomic E-state index is 6.00. The zero-order chi connectivity index (χ0) is 9.68. The van der Waals surface area contributed by atoms with Gasteiger partial charge >= 0.3 is 0 Å². The van der Waals surface area contributed by atoms with E-state index in [0.29, 0.717) is 0 Å². The largest absolute Gasteiger partial charge is 0.324 e. The molecule has 0 aliphatic heterocycles. The zero-order valence-corrected chi connectivity index (χ0v) is 10.1. The summed E-state index contributed by atoms with van der Waals surface area (Å²) in [4.78, 5) is 0. The van der Waals surface area contributed by atoms with Gasteiger partial charge in [0.25, 0.3) is 0 Å².